The van der Waals surface area contributed by atoms with Crippen molar-refractivity contribution in [3.63, 3.8) is 0 Å². The molecule has 12 heteroatoms. The summed E-state index contributed by atoms with van der Waals surface area (Å²) < 4.78 is 22.0. The maximum atomic E-state index is 8.91. The van der Waals surface area contributed by atoms with Crippen molar-refractivity contribution in [2.45, 2.75) is 0 Å². The fourth-order valence-corrected chi connectivity index (χ4v) is 6.06. The van der Waals surface area contributed by atoms with Gasteiger partial charge in [0.25, 0.3) is 0 Å². The van der Waals surface area contributed by atoms with Gasteiger partial charge in [-0.05, 0) is 52.3 Å². The molecule has 8 aromatic rings. The molecule has 0 bridgehead atoms. The molecule has 0 amide bonds. The molecule has 8 nitrogen and oxygen atoms in total. The van der Waals surface area contributed by atoms with Gasteiger partial charge in [0.05, 0.1) is 24.5 Å². The molecule has 8 rings (SSSR count). The molecule has 0 aliphatic carbocycles. The molecule has 0 radical (unpaired) electrons. The lowest BCUT2D eigenvalue weighted by molar-refractivity contribution is 0.425. The monoisotopic (exact) mass is 658 g/mol. The van der Waals surface area contributed by atoms with E-state index in [2.05, 4.69) is 25.9 Å². The summed E-state index contributed by atoms with van der Waals surface area (Å²) in [5.74, 6) is 1.62. The average molecular weight is 659 g/mol. The van der Waals surface area contributed by atoms with E-state index in [1.54, 1.807) is 53.6 Å². The maximum absolute atomic E-state index is 8.91. The number of aromatic nitrogens is 2. The van der Waals surface area contributed by atoms with Crippen LogP contribution < -0.4 is 5.46 Å². The van der Waals surface area contributed by atoms with Crippen molar-refractivity contribution in [2.24, 2.45) is 0 Å². The van der Waals surface area contributed by atoms with Gasteiger partial charge >= 0.3 is 7.12 Å². The van der Waals surface area contributed by atoms with Crippen LogP contribution in [0.3, 0.4) is 0 Å². The predicted molar refractivity (Wildman–Crippen MR) is 169 cm³/mol. The van der Waals surface area contributed by atoms with Gasteiger partial charge in [0.15, 0.2) is 21.5 Å². The smallest absolute Gasteiger partial charge is 0.465 e. The first-order chi connectivity index (χ1) is 20.6. The highest BCUT2D eigenvalue weighted by atomic mass is 79.9. The second-order valence-corrected chi connectivity index (χ2v) is 11.2. The second kappa shape index (κ2) is 12.8. The lowest BCUT2D eigenvalue weighted by Gasteiger charge is -1.92. The average Bonchev–Trinajstić information content (AvgIpc) is 3.83. The number of rotatable bonds is 4. The van der Waals surface area contributed by atoms with Crippen LogP contribution >= 0.6 is 38.6 Å². The van der Waals surface area contributed by atoms with Gasteiger partial charge in [-0.1, -0.05) is 36.4 Å². The molecule has 0 unspecified atom stereocenters. The third-order valence-electron chi connectivity index (χ3n) is 5.99. The second-order valence-electron chi connectivity index (χ2n) is 8.67. The molecule has 0 aliphatic rings. The van der Waals surface area contributed by atoms with Gasteiger partial charge < -0.3 is 27.7 Å². The number of fused-ring (bicyclic) bond motifs is 2. The summed E-state index contributed by atoms with van der Waals surface area (Å²) in [5.41, 5.74) is 3.89. The molecule has 6 heterocycles. The fourth-order valence-electron chi connectivity index (χ4n) is 4.05. The van der Waals surface area contributed by atoms with Crippen molar-refractivity contribution >= 4 is 73.1 Å². The van der Waals surface area contributed by atoms with Gasteiger partial charge in [-0.3, -0.25) is 0 Å². The number of benzene rings is 2. The van der Waals surface area contributed by atoms with Gasteiger partial charge in [0.2, 0.25) is 0 Å². The number of nitrogens with zero attached hydrogens (tertiary/aromatic N) is 2. The molecule has 2 aromatic carbocycles. The Morgan fingerprint density at radius 3 is 1.86 bits per heavy atom. The number of thiazole rings is 2. The normalized spacial score (nSPS) is 10.7. The highest BCUT2D eigenvalue weighted by molar-refractivity contribution is 9.10. The van der Waals surface area contributed by atoms with Crippen molar-refractivity contribution in [1.29, 1.82) is 0 Å². The number of furan rings is 4. The van der Waals surface area contributed by atoms with Crippen molar-refractivity contribution in [3.05, 3.63) is 113 Å². The SMILES string of the molecule is Brc1csc(-c2ccco2)n1.OB(O)c1coc2ccccc12.c1coc(-c2nc(-c3coc4ccccc34)cs2)c1. The summed E-state index contributed by atoms with van der Waals surface area (Å²) in [4.78, 5) is 8.80. The van der Waals surface area contributed by atoms with E-state index in [-0.39, 0.29) is 0 Å². The molecule has 0 aliphatic heterocycles. The van der Waals surface area contributed by atoms with Crippen molar-refractivity contribution in [2.75, 3.05) is 0 Å². The summed E-state index contributed by atoms with van der Waals surface area (Å²) in [6.07, 6.45) is 6.41. The van der Waals surface area contributed by atoms with E-state index in [0.29, 0.717) is 11.0 Å². The summed E-state index contributed by atoms with van der Waals surface area (Å²) in [7, 11) is -1.46. The minimum atomic E-state index is -1.46. The van der Waals surface area contributed by atoms with Gasteiger partial charge in [0, 0.05) is 32.6 Å². The van der Waals surface area contributed by atoms with Crippen LogP contribution in [-0.2, 0) is 0 Å². The predicted octanol–water partition coefficient (Wildman–Crippen LogP) is 8.09. The number of hydrogen-bond acceptors (Lipinski definition) is 10. The quantitative estimate of drug-likeness (QED) is 0.182. The molecule has 0 spiro atoms. The van der Waals surface area contributed by atoms with E-state index in [9.17, 15) is 0 Å². The van der Waals surface area contributed by atoms with E-state index in [1.807, 2.05) is 71.4 Å². The molecule has 0 atom stereocenters. The van der Waals surface area contributed by atoms with Crippen LogP contribution in [0.1, 0.15) is 0 Å². The fraction of sp³-hybridized carbons (Fsp3) is 0. The zero-order valence-electron chi connectivity index (χ0n) is 21.6. The number of halogens is 1. The summed E-state index contributed by atoms with van der Waals surface area (Å²) in [6.45, 7) is 0. The Morgan fingerprint density at radius 2 is 1.24 bits per heavy atom. The first kappa shape index (κ1) is 27.9. The number of para-hydroxylation sites is 2. The molecule has 2 N–H and O–H groups in total. The maximum Gasteiger partial charge on any atom is 0.492 e. The van der Waals surface area contributed by atoms with E-state index in [0.717, 1.165) is 53.8 Å². The molecule has 208 valence electrons. The highest BCUT2D eigenvalue weighted by Gasteiger charge is 2.17. The topological polar surface area (TPSA) is 119 Å². The number of hydrogen-bond donors (Lipinski definition) is 2. The minimum Gasteiger partial charge on any atom is -0.465 e. The lowest BCUT2D eigenvalue weighted by atomic mass is 9.80. The van der Waals surface area contributed by atoms with Gasteiger partial charge in [-0.15, -0.1) is 22.7 Å². The van der Waals surface area contributed by atoms with Crippen LogP contribution in [0.2, 0.25) is 0 Å². The van der Waals surface area contributed by atoms with E-state index >= 15 is 0 Å². The molecular weight excluding hydrogens is 639 g/mol. The Labute approximate surface area is 255 Å². The summed E-state index contributed by atoms with van der Waals surface area (Å²) in [6, 6.07) is 22.7. The van der Waals surface area contributed by atoms with E-state index < -0.39 is 7.12 Å². The third-order valence-corrected chi connectivity index (χ3v) is 8.41. The molecular formula is C30H20BBrN2O6S2. The Hall–Kier alpha value is -4.20. The zero-order chi connectivity index (χ0) is 28.9. The summed E-state index contributed by atoms with van der Waals surface area (Å²) >= 11 is 6.40. The van der Waals surface area contributed by atoms with Crippen LogP contribution in [0.15, 0.2) is 131 Å². The first-order valence-electron chi connectivity index (χ1n) is 12.5. The molecule has 0 fully saturated rings. The van der Waals surface area contributed by atoms with Crippen LogP contribution in [-0.4, -0.2) is 27.1 Å². The summed E-state index contributed by atoms with van der Waals surface area (Å²) in [5, 5.41) is 25.4. The Kier molecular flexibility index (Phi) is 8.49. The van der Waals surface area contributed by atoms with Crippen LogP contribution in [0.5, 0.6) is 0 Å². The van der Waals surface area contributed by atoms with E-state index in [1.165, 1.54) is 6.26 Å². The van der Waals surface area contributed by atoms with Crippen molar-refractivity contribution in [3.8, 4) is 32.8 Å². The van der Waals surface area contributed by atoms with Gasteiger partial charge in [-0.2, -0.15) is 0 Å². The minimum absolute atomic E-state index is 0.408. The first-order valence-corrected chi connectivity index (χ1v) is 15.0. The standard InChI is InChI=1S/C15H9NO2S.C8H7BO3.C7H4BrNOS/c1-2-5-13-10(4-1)11(8-18-13)12-9-19-15(16-12)14-6-3-7-17-14;10-9(11)7-5-12-8-4-2-1-3-6(7)8;8-6-4-11-7(9-6)5-2-1-3-10-5/h1-9H;1-5,10-11H;1-4H. The lowest BCUT2D eigenvalue weighted by Crippen LogP contribution is -2.28. The van der Waals surface area contributed by atoms with E-state index in [4.69, 9.17) is 27.7 Å². The zero-order valence-corrected chi connectivity index (χ0v) is 24.8. The highest BCUT2D eigenvalue weighted by Crippen LogP contribution is 2.34. The largest absolute Gasteiger partial charge is 0.492 e. The van der Waals surface area contributed by atoms with Crippen LogP contribution in [0, 0.1) is 0 Å². The van der Waals surface area contributed by atoms with Gasteiger partial charge in [-0.25, -0.2) is 9.97 Å². The van der Waals surface area contributed by atoms with Crippen LogP contribution in [0.25, 0.3) is 54.7 Å². The Balaban J connectivity index is 0.000000119. The third kappa shape index (κ3) is 6.18. The van der Waals surface area contributed by atoms with Crippen molar-refractivity contribution in [1.82, 2.24) is 9.97 Å². The molecule has 0 saturated heterocycles. The van der Waals surface area contributed by atoms with Crippen molar-refractivity contribution < 1.29 is 27.7 Å². The molecule has 42 heavy (non-hydrogen) atoms. The molecule has 6 aromatic heterocycles. The van der Waals surface area contributed by atoms with Crippen LogP contribution in [0.4, 0.5) is 0 Å². The Bertz CT molecular complexity index is 2010. The van der Waals surface area contributed by atoms with Gasteiger partial charge in [0.1, 0.15) is 22.0 Å². The Morgan fingerprint density at radius 1 is 0.643 bits per heavy atom. The molecule has 0 saturated carbocycles.